The van der Waals surface area contributed by atoms with Crippen LogP contribution in [-0.2, 0) is 11.4 Å². The predicted octanol–water partition coefficient (Wildman–Crippen LogP) is 4.95. The monoisotopic (exact) mass is 473 g/mol. The van der Waals surface area contributed by atoms with E-state index < -0.39 is 5.97 Å². The van der Waals surface area contributed by atoms with Gasteiger partial charge in [0.2, 0.25) is 0 Å². The normalized spacial score (nSPS) is 15.1. The first-order chi connectivity index (χ1) is 13.9. The zero-order chi connectivity index (χ0) is 21.0. The molecule has 1 saturated heterocycles. The Kier molecular flexibility index (Phi) is 6.56. The number of benzene rings is 2. The summed E-state index contributed by atoms with van der Waals surface area (Å²) in [6.07, 6.45) is 3.16. The van der Waals surface area contributed by atoms with E-state index >= 15 is 0 Å². The minimum atomic E-state index is -0.991. The average Bonchev–Trinajstić information content (AvgIpc) is 2.95. The number of carboxylic acid groups (broad SMARTS) is 1. The van der Waals surface area contributed by atoms with Crippen molar-refractivity contribution in [2.45, 2.75) is 6.61 Å². The first kappa shape index (κ1) is 20.9. The maximum Gasteiger partial charge on any atom is 0.335 e. The number of halogens is 1. The van der Waals surface area contributed by atoms with Crippen LogP contribution in [0, 0.1) is 0 Å². The molecule has 1 aliphatic rings. The number of nitrogens with zero attached hydrogens (tertiary/aromatic N) is 1. The van der Waals surface area contributed by atoms with E-state index in [4.69, 9.17) is 9.84 Å². The van der Waals surface area contributed by atoms with Crippen molar-refractivity contribution in [2.75, 3.05) is 6.54 Å². The van der Waals surface area contributed by atoms with Gasteiger partial charge in [0.25, 0.3) is 11.1 Å². The minimum Gasteiger partial charge on any atom is -0.488 e. The van der Waals surface area contributed by atoms with Gasteiger partial charge in [-0.3, -0.25) is 14.5 Å². The molecule has 3 rings (SSSR count). The SMILES string of the molecule is C=CCN1C(=O)SC(=Cc2ccc(OCc3cccc(C(=O)O)c3)c(Br)c2)C1=O. The second-order valence-corrected chi connectivity index (χ2v) is 7.91. The third-order valence-corrected chi connectivity index (χ3v) is 5.53. The summed E-state index contributed by atoms with van der Waals surface area (Å²) in [6, 6.07) is 11.8. The van der Waals surface area contributed by atoms with Crippen molar-refractivity contribution in [3.63, 3.8) is 0 Å². The zero-order valence-electron chi connectivity index (χ0n) is 15.1. The lowest BCUT2D eigenvalue weighted by Gasteiger charge is -2.10. The van der Waals surface area contributed by atoms with Crippen molar-refractivity contribution < 1.29 is 24.2 Å². The third-order valence-electron chi connectivity index (χ3n) is 4.01. The molecule has 2 aromatic rings. The molecule has 29 heavy (non-hydrogen) atoms. The first-order valence-corrected chi connectivity index (χ1v) is 10.1. The Morgan fingerprint density at radius 1 is 1.24 bits per heavy atom. The van der Waals surface area contributed by atoms with Gasteiger partial charge in [-0.15, -0.1) is 6.58 Å². The smallest absolute Gasteiger partial charge is 0.335 e. The maximum absolute atomic E-state index is 12.3. The second-order valence-electron chi connectivity index (χ2n) is 6.07. The number of hydrogen-bond donors (Lipinski definition) is 1. The Morgan fingerprint density at radius 2 is 2.03 bits per heavy atom. The molecule has 8 heteroatoms. The highest BCUT2D eigenvalue weighted by Gasteiger charge is 2.34. The standard InChI is InChI=1S/C21H16BrNO5S/c1-2-8-23-19(24)18(29-21(23)27)11-13-6-7-17(16(22)10-13)28-12-14-4-3-5-15(9-14)20(25)26/h2-7,9-11H,1,8,12H2,(H,25,26). The van der Waals surface area contributed by atoms with Crippen molar-refractivity contribution in [3.8, 4) is 5.75 Å². The molecule has 1 heterocycles. The van der Waals surface area contributed by atoms with Crippen molar-refractivity contribution in [1.29, 1.82) is 0 Å². The van der Waals surface area contributed by atoms with Crippen LogP contribution in [0.4, 0.5) is 4.79 Å². The summed E-state index contributed by atoms with van der Waals surface area (Å²) in [4.78, 5) is 36.7. The van der Waals surface area contributed by atoms with Crippen molar-refractivity contribution in [3.05, 3.63) is 81.2 Å². The Bertz CT molecular complexity index is 1030. The molecule has 0 aromatic heterocycles. The van der Waals surface area contributed by atoms with Gasteiger partial charge < -0.3 is 9.84 Å². The van der Waals surface area contributed by atoms with E-state index in [0.29, 0.717) is 15.1 Å². The number of rotatable bonds is 7. The molecule has 6 nitrogen and oxygen atoms in total. The summed E-state index contributed by atoms with van der Waals surface area (Å²) in [7, 11) is 0. The van der Waals surface area contributed by atoms with E-state index in [1.165, 1.54) is 12.1 Å². The predicted molar refractivity (Wildman–Crippen MR) is 115 cm³/mol. The molecular formula is C21H16BrNO5S. The Balaban J connectivity index is 1.71. The van der Waals surface area contributed by atoms with Crippen LogP contribution < -0.4 is 4.74 Å². The lowest BCUT2D eigenvalue weighted by atomic mass is 10.1. The number of carbonyl (C=O) groups excluding carboxylic acids is 2. The van der Waals surface area contributed by atoms with E-state index in [-0.39, 0.29) is 29.9 Å². The molecule has 2 amide bonds. The van der Waals surface area contributed by atoms with Gasteiger partial charge in [0.1, 0.15) is 12.4 Å². The van der Waals surface area contributed by atoms with Crippen LogP contribution in [0.15, 0.2) is 64.5 Å². The van der Waals surface area contributed by atoms with Crippen molar-refractivity contribution >= 4 is 50.9 Å². The van der Waals surface area contributed by atoms with E-state index in [9.17, 15) is 14.4 Å². The van der Waals surface area contributed by atoms with Crippen LogP contribution in [0.3, 0.4) is 0 Å². The fourth-order valence-electron chi connectivity index (χ4n) is 2.62. The summed E-state index contributed by atoms with van der Waals surface area (Å²) < 4.78 is 6.44. The number of hydrogen-bond acceptors (Lipinski definition) is 5. The summed E-state index contributed by atoms with van der Waals surface area (Å²) >= 11 is 4.33. The largest absolute Gasteiger partial charge is 0.488 e. The van der Waals surface area contributed by atoms with Gasteiger partial charge >= 0.3 is 5.97 Å². The number of imide groups is 1. The number of carboxylic acids is 1. The molecule has 0 atom stereocenters. The molecule has 0 bridgehead atoms. The van der Waals surface area contributed by atoms with Gasteiger partial charge in [-0.05, 0) is 69.2 Å². The van der Waals surface area contributed by atoms with Gasteiger partial charge in [-0.2, -0.15) is 0 Å². The van der Waals surface area contributed by atoms with Gasteiger partial charge in [-0.1, -0.05) is 24.3 Å². The van der Waals surface area contributed by atoms with E-state index in [1.54, 1.807) is 42.5 Å². The Labute approximate surface area is 180 Å². The molecule has 148 valence electrons. The second kappa shape index (κ2) is 9.11. The van der Waals surface area contributed by atoms with Crippen LogP contribution >= 0.6 is 27.7 Å². The number of ether oxygens (including phenoxy) is 1. The fraction of sp³-hybridized carbons (Fsp3) is 0.0952. The molecule has 0 aliphatic carbocycles. The number of amides is 2. The Hall–Kier alpha value is -2.84. The van der Waals surface area contributed by atoms with Crippen molar-refractivity contribution in [1.82, 2.24) is 4.90 Å². The molecule has 1 fully saturated rings. The van der Waals surface area contributed by atoms with Crippen LogP contribution in [0.1, 0.15) is 21.5 Å². The lowest BCUT2D eigenvalue weighted by Crippen LogP contribution is -2.27. The third kappa shape index (κ3) is 4.96. The van der Waals surface area contributed by atoms with Crippen LogP contribution in [0.5, 0.6) is 5.75 Å². The minimum absolute atomic E-state index is 0.182. The summed E-state index contributed by atoms with van der Waals surface area (Å²) in [5.74, 6) is -0.757. The van der Waals surface area contributed by atoms with Crippen molar-refractivity contribution in [2.24, 2.45) is 0 Å². The number of carbonyl (C=O) groups is 3. The molecule has 0 unspecified atom stereocenters. The summed E-state index contributed by atoms with van der Waals surface area (Å²) in [5, 5.41) is 8.74. The maximum atomic E-state index is 12.3. The quantitative estimate of drug-likeness (QED) is 0.452. The van der Waals surface area contributed by atoms with E-state index in [0.717, 1.165) is 27.8 Å². The highest BCUT2D eigenvalue weighted by Crippen LogP contribution is 2.34. The molecule has 2 aromatic carbocycles. The van der Waals surface area contributed by atoms with Crippen LogP contribution in [-0.4, -0.2) is 33.7 Å². The Morgan fingerprint density at radius 3 is 2.72 bits per heavy atom. The highest BCUT2D eigenvalue weighted by molar-refractivity contribution is 9.10. The van der Waals surface area contributed by atoms with Gasteiger partial charge in [0.05, 0.1) is 14.9 Å². The van der Waals surface area contributed by atoms with Gasteiger partial charge in [0.15, 0.2) is 0 Å². The molecule has 0 radical (unpaired) electrons. The van der Waals surface area contributed by atoms with E-state index in [1.807, 2.05) is 0 Å². The van der Waals surface area contributed by atoms with Gasteiger partial charge in [0, 0.05) is 6.54 Å². The number of thioether (sulfide) groups is 1. The topological polar surface area (TPSA) is 83.9 Å². The zero-order valence-corrected chi connectivity index (χ0v) is 17.5. The highest BCUT2D eigenvalue weighted by atomic mass is 79.9. The average molecular weight is 474 g/mol. The molecule has 0 saturated carbocycles. The first-order valence-electron chi connectivity index (χ1n) is 8.50. The summed E-state index contributed by atoms with van der Waals surface area (Å²) in [6.45, 7) is 3.94. The fourth-order valence-corrected chi connectivity index (χ4v) is 3.98. The molecule has 0 spiro atoms. The van der Waals surface area contributed by atoms with Gasteiger partial charge in [-0.25, -0.2) is 4.79 Å². The van der Waals surface area contributed by atoms with E-state index in [2.05, 4.69) is 22.5 Å². The molecule has 1 aliphatic heterocycles. The molecule has 1 N–H and O–H groups in total. The molecular weight excluding hydrogens is 458 g/mol. The van der Waals surface area contributed by atoms with Crippen LogP contribution in [0.2, 0.25) is 0 Å². The van der Waals surface area contributed by atoms with Crippen LogP contribution in [0.25, 0.3) is 6.08 Å². The lowest BCUT2D eigenvalue weighted by molar-refractivity contribution is -0.122. The summed E-state index contributed by atoms with van der Waals surface area (Å²) in [5.41, 5.74) is 1.67. The number of aromatic carboxylic acids is 1.